The van der Waals surface area contributed by atoms with Gasteiger partial charge in [-0.3, -0.25) is 9.78 Å². The molecule has 0 fully saturated rings. The first-order valence-corrected chi connectivity index (χ1v) is 7.49. The fourth-order valence-electron chi connectivity index (χ4n) is 2.02. The maximum Gasteiger partial charge on any atom is 0.227 e. The standard InChI is InChI=1S/C16H16Cl2N2O2/c1-10(7-11-3-4-12(17)8-13(11)18)16(21)20-14-9-19-6-5-15(14)22-2/h3-6,8-10H,7H2,1-2H3,(H,20,21). The molecule has 1 heterocycles. The average Bonchev–Trinajstić information content (AvgIpc) is 2.50. The Labute approximate surface area is 139 Å². The largest absolute Gasteiger partial charge is 0.494 e. The van der Waals surface area contributed by atoms with Crippen LogP contribution in [-0.4, -0.2) is 18.0 Å². The number of carbonyl (C=O) groups excluding carboxylic acids is 1. The lowest BCUT2D eigenvalue weighted by Crippen LogP contribution is -2.22. The minimum Gasteiger partial charge on any atom is -0.494 e. The summed E-state index contributed by atoms with van der Waals surface area (Å²) in [5.74, 6) is 0.181. The zero-order valence-corrected chi connectivity index (χ0v) is 13.8. The van der Waals surface area contributed by atoms with Gasteiger partial charge in [-0.15, -0.1) is 0 Å². The summed E-state index contributed by atoms with van der Waals surface area (Å²) in [6.07, 6.45) is 3.68. The van der Waals surface area contributed by atoms with Gasteiger partial charge in [0.1, 0.15) is 11.4 Å². The van der Waals surface area contributed by atoms with Gasteiger partial charge in [0.2, 0.25) is 5.91 Å². The molecule has 0 aliphatic carbocycles. The lowest BCUT2D eigenvalue weighted by molar-refractivity contribution is -0.119. The van der Waals surface area contributed by atoms with E-state index in [0.717, 1.165) is 5.56 Å². The van der Waals surface area contributed by atoms with Crippen molar-refractivity contribution in [3.05, 3.63) is 52.3 Å². The number of amides is 1. The molecular formula is C16H16Cl2N2O2. The van der Waals surface area contributed by atoms with E-state index in [1.165, 1.54) is 0 Å². The molecule has 1 amide bonds. The normalized spacial score (nSPS) is 11.8. The molecule has 0 bridgehead atoms. The van der Waals surface area contributed by atoms with Crippen LogP contribution in [0.1, 0.15) is 12.5 Å². The molecule has 0 saturated carbocycles. The highest BCUT2D eigenvalue weighted by Crippen LogP contribution is 2.25. The number of methoxy groups -OCH3 is 1. The van der Waals surface area contributed by atoms with E-state index in [2.05, 4.69) is 10.3 Å². The summed E-state index contributed by atoms with van der Waals surface area (Å²) in [5, 5.41) is 3.95. The quantitative estimate of drug-likeness (QED) is 0.888. The van der Waals surface area contributed by atoms with E-state index in [-0.39, 0.29) is 11.8 Å². The predicted octanol–water partition coefficient (Wildman–Crippen LogP) is 4.21. The number of ether oxygens (including phenoxy) is 1. The highest BCUT2D eigenvalue weighted by atomic mass is 35.5. The van der Waals surface area contributed by atoms with Crippen LogP contribution in [0.5, 0.6) is 5.75 Å². The highest BCUT2D eigenvalue weighted by molar-refractivity contribution is 6.35. The smallest absolute Gasteiger partial charge is 0.227 e. The molecule has 0 aliphatic rings. The summed E-state index contributed by atoms with van der Waals surface area (Å²) in [6.45, 7) is 1.84. The molecule has 0 aliphatic heterocycles. The van der Waals surface area contributed by atoms with Gasteiger partial charge in [0.15, 0.2) is 0 Å². The number of hydrogen-bond acceptors (Lipinski definition) is 3. The number of anilines is 1. The molecule has 1 aromatic carbocycles. The van der Waals surface area contributed by atoms with E-state index in [9.17, 15) is 4.79 Å². The molecule has 1 aromatic heterocycles. The zero-order chi connectivity index (χ0) is 16.1. The number of rotatable bonds is 5. The van der Waals surface area contributed by atoms with Crippen molar-refractivity contribution < 1.29 is 9.53 Å². The van der Waals surface area contributed by atoms with Crippen LogP contribution in [0, 0.1) is 5.92 Å². The first-order valence-electron chi connectivity index (χ1n) is 6.74. The molecule has 22 heavy (non-hydrogen) atoms. The van der Waals surface area contributed by atoms with Crippen molar-refractivity contribution in [2.24, 2.45) is 5.92 Å². The molecule has 6 heteroatoms. The Balaban J connectivity index is 2.06. The second-order valence-corrected chi connectivity index (χ2v) is 5.75. The first kappa shape index (κ1) is 16.6. The van der Waals surface area contributed by atoms with Gasteiger partial charge in [0, 0.05) is 28.2 Å². The number of benzene rings is 1. The van der Waals surface area contributed by atoms with Crippen LogP contribution >= 0.6 is 23.2 Å². The fourth-order valence-corrected chi connectivity index (χ4v) is 2.50. The predicted molar refractivity (Wildman–Crippen MR) is 88.7 cm³/mol. The van der Waals surface area contributed by atoms with Gasteiger partial charge < -0.3 is 10.1 Å². The number of nitrogens with one attached hydrogen (secondary N) is 1. The Kier molecular flexibility index (Phi) is 5.63. The second kappa shape index (κ2) is 7.47. The van der Waals surface area contributed by atoms with Crippen LogP contribution in [0.3, 0.4) is 0 Å². The number of halogens is 2. The lowest BCUT2D eigenvalue weighted by atomic mass is 10.0. The van der Waals surface area contributed by atoms with E-state index in [1.54, 1.807) is 37.7 Å². The van der Waals surface area contributed by atoms with Crippen LogP contribution in [0.2, 0.25) is 10.0 Å². The van der Waals surface area contributed by atoms with E-state index >= 15 is 0 Å². The SMILES string of the molecule is COc1ccncc1NC(=O)C(C)Cc1ccc(Cl)cc1Cl. The summed E-state index contributed by atoms with van der Waals surface area (Å²) in [5.41, 5.74) is 1.43. The Hall–Kier alpha value is -1.78. The van der Waals surface area contributed by atoms with Crippen LogP contribution in [0.4, 0.5) is 5.69 Å². The molecule has 116 valence electrons. The summed E-state index contributed by atoms with van der Waals surface area (Å²) < 4.78 is 5.19. The second-order valence-electron chi connectivity index (χ2n) is 4.91. The van der Waals surface area contributed by atoms with E-state index < -0.39 is 0 Å². The Morgan fingerprint density at radius 3 is 2.82 bits per heavy atom. The van der Waals surface area contributed by atoms with Crippen LogP contribution < -0.4 is 10.1 Å². The summed E-state index contributed by atoms with van der Waals surface area (Å²) in [7, 11) is 1.54. The van der Waals surface area contributed by atoms with E-state index in [1.807, 2.05) is 13.0 Å². The van der Waals surface area contributed by atoms with Crippen molar-refractivity contribution in [3.63, 3.8) is 0 Å². The third-order valence-electron chi connectivity index (χ3n) is 3.25. The van der Waals surface area contributed by atoms with Gasteiger partial charge in [-0.1, -0.05) is 36.2 Å². The van der Waals surface area contributed by atoms with Gasteiger partial charge in [0.25, 0.3) is 0 Å². The summed E-state index contributed by atoms with van der Waals surface area (Å²) in [6, 6.07) is 6.96. The van der Waals surface area contributed by atoms with Crippen molar-refractivity contribution >= 4 is 34.8 Å². The topological polar surface area (TPSA) is 51.2 Å². The van der Waals surface area contributed by atoms with Crippen LogP contribution in [0.25, 0.3) is 0 Å². The van der Waals surface area contributed by atoms with Gasteiger partial charge in [-0.25, -0.2) is 0 Å². The molecule has 0 radical (unpaired) electrons. The first-order chi connectivity index (χ1) is 10.5. The third-order valence-corrected chi connectivity index (χ3v) is 3.83. The Bertz CT molecular complexity index is 677. The molecule has 0 spiro atoms. The summed E-state index contributed by atoms with van der Waals surface area (Å²) in [4.78, 5) is 16.3. The monoisotopic (exact) mass is 338 g/mol. The molecule has 4 nitrogen and oxygen atoms in total. The van der Waals surface area contributed by atoms with Gasteiger partial charge in [0.05, 0.1) is 13.3 Å². The molecule has 1 atom stereocenters. The fraction of sp³-hybridized carbons (Fsp3) is 0.250. The van der Waals surface area contributed by atoms with Gasteiger partial charge >= 0.3 is 0 Å². The number of carbonyl (C=O) groups is 1. The number of hydrogen-bond donors (Lipinski definition) is 1. The highest BCUT2D eigenvalue weighted by Gasteiger charge is 2.17. The maximum atomic E-state index is 12.3. The van der Waals surface area contributed by atoms with Gasteiger partial charge in [-0.05, 0) is 24.1 Å². The van der Waals surface area contributed by atoms with E-state index in [0.29, 0.717) is 27.9 Å². The van der Waals surface area contributed by atoms with Crippen LogP contribution in [-0.2, 0) is 11.2 Å². The number of aromatic nitrogens is 1. The number of pyridine rings is 1. The minimum absolute atomic E-state index is 0.127. The Morgan fingerprint density at radius 2 is 2.14 bits per heavy atom. The third kappa shape index (κ3) is 4.12. The minimum atomic E-state index is -0.261. The Morgan fingerprint density at radius 1 is 1.36 bits per heavy atom. The molecular weight excluding hydrogens is 323 g/mol. The molecule has 2 aromatic rings. The van der Waals surface area contributed by atoms with Crippen molar-refractivity contribution in [1.29, 1.82) is 0 Å². The van der Waals surface area contributed by atoms with Crippen LogP contribution in [0.15, 0.2) is 36.7 Å². The van der Waals surface area contributed by atoms with Crippen molar-refractivity contribution in [1.82, 2.24) is 4.98 Å². The lowest BCUT2D eigenvalue weighted by Gasteiger charge is -2.14. The van der Waals surface area contributed by atoms with Crippen molar-refractivity contribution in [3.8, 4) is 5.75 Å². The average molecular weight is 339 g/mol. The zero-order valence-electron chi connectivity index (χ0n) is 12.3. The molecule has 1 N–H and O–H groups in total. The van der Waals surface area contributed by atoms with Crippen molar-refractivity contribution in [2.75, 3.05) is 12.4 Å². The summed E-state index contributed by atoms with van der Waals surface area (Å²) >= 11 is 12.0. The number of nitrogens with zero attached hydrogens (tertiary/aromatic N) is 1. The maximum absolute atomic E-state index is 12.3. The van der Waals surface area contributed by atoms with Crippen molar-refractivity contribution in [2.45, 2.75) is 13.3 Å². The van der Waals surface area contributed by atoms with Gasteiger partial charge in [-0.2, -0.15) is 0 Å². The van der Waals surface area contributed by atoms with E-state index in [4.69, 9.17) is 27.9 Å². The molecule has 2 rings (SSSR count). The molecule has 0 saturated heterocycles. The molecule has 1 unspecified atom stereocenters.